The number of carbonyl (C=O) groups is 1. The lowest BCUT2D eigenvalue weighted by atomic mass is 9.98. The fraction of sp³-hybridized carbons (Fsp3) is 0.500. The van der Waals surface area contributed by atoms with Crippen molar-refractivity contribution in [2.75, 3.05) is 13.7 Å². The second kappa shape index (κ2) is 5.03. The Bertz CT molecular complexity index is 518. The van der Waals surface area contributed by atoms with Crippen LogP contribution in [0, 0.1) is 5.92 Å². The van der Waals surface area contributed by atoms with Crippen LogP contribution in [0.2, 0.25) is 0 Å². The lowest BCUT2D eigenvalue weighted by molar-refractivity contribution is -0.141. The van der Waals surface area contributed by atoms with E-state index < -0.39 is 0 Å². The number of nitrogens with one attached hydrogen (secondary N) is 1. The quantitative estimate of drug-likeness (QED) is 0.745. The standard InChI is InChI=1S/C12H16N2O3/c1-3-17-12-13-9-5-4-8(6-10(9)14-12)7-11(15)16-2/h5-6,8H,3-4,7H2,1-2H3,(H,13,14). The van der Waals surface area contributed by atoms with Crippen LogP contribution in [0.1, 0.15) is 19.8 Å². The van der Waals surface area contributed by atoms with Crippen LogP contribution in [-0.2, 0) is 9.53 Å². The number of methoxy groups -OCH3 is 1. The number of esters is 1. The van der Waals surface area contributed by atoms with Crippen molar-refractivity contribution < 1.29 is 14.3 Å². The van der Waals surface area contributed by atoms with Crippen molar-refractivity contribution >= 4 is 18.1 Å². The molecule has 0 aromatic carbocycles. The summed E-state index contributed by atoms with van der Waals surface area (Å²) < 4.78 is 9.96. The summed E-state index contributed by atoms with van der Waals surface area (Å²) in [6, 6.07) is 0.531. The van der Waals surface area contributed by atoms with Crippen LogP contribution in [-0.4, -0.2) is 29.7 Å². The molecule has 1 atom stereocenters. The van der Waals surface area contributed by atoms with Gasteiger partial charge in [-0.3, -0.25) is 4.79 Å². The van der Waals surface area contributed by atoms with Crippen LogP contribution in [0.4, 0.5) is 0 Å². The summed E-state index contributed by atoms with van der Waals surface area (Å²) >= 11 is 0. The molecular weight excluding hydrogens is 220 g/mol. The van der Waals surface area contributed by atoms with E-state index in [0.29, 0.717) is 19.0 Å². The number of carbonyl (C=O) groups excluding carboxylic acids is 1. The largest absolute Gasteiger partial charge is 0.469 e. The number of hydrogen-bond acceptors (Lipinski definition) is 4. The third-order valence-corrected chi connectivity index (χ3v) is 2.70. The molecule has 92 valence electrons. The van der Waals surface area contributed by atoms with Gasteiger partial charge >= 0.3 is 5.97 Å². The minimum absolute atomic E-state index is 0.160. The van der Waals surface area contributed by atoms with E-state index >= 15 is 0 Å². The first-order valence-electron chi connectivity index (χ1n) is 5.70. The summed E-state index contributed by atoms with van der Waals surface area (Å²) in [5, 5.41) is 1.82. The van der Waals surface area contributed by atoms with Gasteiger partial charge in [0.25, 0.3) is 6.01 Å². The second-order valence-electron chi connectivity index (χ2n) is 3.92. The van der Waals surface area contributed by atoms with Crippen LogP contribution in [0.3, 0.4) is 0 Å². The highest BCUT2D eigenvalue weighted by Gasteiger charge is 2.14. The molecule has 0 amide bonds. The summed E-state index contributed by atoms with van der Waals surface area (Å²) in [7, 11) is 1.40. The Morgan fingerprint density at radius 2 is 2.47 bits per heavy atom. The molecule has 1 aliphatic carbocycles. The van der Waals surface area contributed by atoms with Gasteiger partial charge in [0.15, 0.2) is 0 Å². The molecule has 1 N–H and O–H groups in total. The van der Waals surface area contributed by atoms with Gasteiger partial charge in [0, 0.05) is 0 Å². The highest BCUT2D eigenvalue weighted by Crippen LogP contribution is 2.13. The number of hydrogen-bond donors (Lipinski definition) is 1. The zero-order valence-corrected chi connectivity index (χ0v) is 10.0. The van der Waals surface area contributed by atoms with E-state index in [9.17, 15) is 4.79 Å². The molecule has 1 aliphatic rings. The lowest BCUT2D eigenvalue weighted by Crippen LogP contribution is -2.29. The van der Waals surface area contributed by atoms with Crippen molar-refractivity contribution in [1.29, 1.82) is 0 Å². The molecule has 0 spiro atoms. The molecule has 5 heteroatoms. The number of imidazole rings is 1. The monoisotopic (exact) mass is 236 g/mol. The average Bonchev–Trinajstić information content (AvgIpc) is 2.71. The Balaban J connectivity index is 2.18. The fourth-order valence-electron chi connectivity index (χ4n) is 1.86. The predicted molar refractivity (Wildman–Crippen MR) is 62.7 cm³/mol. The summed E-state index contributed by atoms with van der Waals surface area (Å²) in [6.45, 7) is 2.49. The van der Waals surface area contributed by atoms with Gasteiger partial charge in [0.2, 0.25) is 0 Å². The van der Waals surface area contributed by atoms with Crippen LogP contribution < -0.4 is 15.4 Å². The van der Waals surface area contributed by atoms with Crippen molar-refractivity contribution in [1.82, 2.24) is 9.97 Å². The first-order chi connectivity index (χ1) is 8.22. The van der Waals surface area contributed by atoms with Gasteiger partial charge in [-0.25, -0.2) is 0 Å². The van der Waals surface area contributed by atoms with Crippen molar-refractivity contribution in [2.24, 2.45) is 5.92 Å². The van der Waals surface area contributed by atoms with Gasteiger partial charge in [-0.05, 0) is 19.3 Å². The molecule has 2 rings (SSSR count). The Morgan fingerprint density at radius 3 is 3.18 bits per heavy atom. The van der Waals surface area contributed by atoms with Gasteiger partial charge in [-0.15, -0.1) is 0 Å². The van der Waals surface area contributed by atoms with Crippen molar-refractivity contribution in [3.8, 4) is 6.01 Å². The fourth-order valence-corrected chi connectivity index (χ4v) is 1.86. The third kappa shape index (κ3) is 2.67. The molecule has 5 nitrogen and oxygen atoms in total. The highest BCUT2D eigenvalue weighted by atomic mass is 16.5. The molecule has 0 radical (unpaired) electrons. The minimum atomic E-state index is -0.191. The SMILES string of the molecule is CCOc1nc2c([nH]1)=CCC(CC(=O)OC)C=2. The minimum Gasteiger partial charge on any atom is -0.469 e. The third-order valence-electron chi connectivity index (χ3n) is 2.70. The molecule has 0 saturated heterocycles. The van der Waals surface area contributed by atoms with Crippen molar-refractivity contribution in [2.45, 2.75) is 19.8 Å². The highest BCUT2D eigenvalue weighted by molar-refractivity contribution is 5.70. The van der Waals surface area contributed by atoms with Gasteiger partial charge in [-0.2, -0.15) is 4.98 Å². The molecule has 1 aromatic rings. The van der Waals surface area contributed by atoms with Gasteiger partial charge in [0.05, 0.1) is 30.8 Å². The number of fused-ring (bicyclic) bond motifs is 1. The number of ether oxygens (including phenoxy) is 2. The first kappa shape index (κ1) is 11.7. The molecule has 1 aromatic heterocycles. The normalized spacial score (nSPS) is 17.6. The molecular formula is C12H16N2O3. The predicted octanol–water partition coefficient (Wildman–Crippen LogP) is -0.0476. The molecule has 17 heavy (non-hydrogen) atoms. The summed E-state index contributed by atoms with van der Waals surface area (Å²) in [4.78, 5) is 18.6. The summed E-state index contributed by atoms with van der Waals surface area (Å²) in [6.07, 6.45) is 5.24. The van der Waals surface area contributed by atoms with Crippen molar-refractivity contribution in [3.05, 3.63) is 10.7 Å². The van der Waals surface area contributed by atoms with Gasteiger partial charge < -0.3 is 14.5 Å². The number of nitrogens with zero attached hydrogens (tertiary/aromatic N) is 1. The van der Waals surface area contributed by atoms with Crippen LogP contribution >= 0.6 is 0 Å². The zero-order chi connectivity index (χ0) is 12.3. The summed E-state index contributed by atoms with van der Waals surface area (Å²) in [5.41, 5.74) is 0. The van der Waals surface area contributed by atoms with E-state index in [1.807, 2.05) is 19.1 Å². The van der Waals surface area contributed by atoms with E-state index in [1.54, 1.807) is 0 Å². The molecule has 1 heterocycles. The molecule has 1 unspecified atom stereocenters. The van der Waals surface area contributed by atoms with E-state index in [0.717, 1.165) is 17.1 Å². The number of aromatic amines is 1. The lowest BCUT2D eigenvalue weighted by Gasteiger charge is -2.09. The van der Waals surface area contributed by atoms with E-state index in [4.69, 9.17) is 4.74 Å². The van der Waals surface area contributed by atoms with E-state index in [2.05, 4.69) is 14.7 Å². The molecule has 0 bridgehead atoms. The van der Waals surface area contributed by atoms with Crippen molar-refractivity contribution in [3.63, 3.8) is 0 Å². The van der Waals surface area contributed by atoms with Gasteiger partial charge in [-0.1, -0.05) is 12.2 Å². The Morgan fingerprint density at radius 1 is 1.65 bits per heavy atom. The molecule has 0 saturated carbocycles. The first-order valence-corrected chi connectivity index (χ1v) is 5.70. The smallest absolute Gasteiger partial charge is 0.306 e. The Hall–Kier alpha value is -1.78. The molecule has 0 fully saturated rings. The zero-order valence-electron chi connectivity index (χ0n) is 10.0. The number of aromatic nitrogens is 2. The second-order valence-corrected chi connectivity index (χ2v) is 3.92. The maximum absolute atomic E-state index is 11.2. The van der Waals surface area contributed by atoms with Crippen LogP contribution in [0.5, 0.6) is 6.01 Å². The van der Waals surface area contributed by atoms with E-state index in [1.165, 1.54) is 7.11 Å². The maximum Gasteiger partial charge on any atom is 0.306 e. The average molecular weight is 236 g/mol. The Labute approximate surface area is 99.1 Å². The Kier molecular flexibility index (Phi) is 3.46. The summed E-state index contributed by atoms with van der Waals surface area (Å²) in [5.74, 6) is -0.0311. The number of rotatable bonds is 4. The van der Waals surface area contributed by atoms with Crippen LogP contribution in [0.25, 0.3) is 12.2 Å². The van der Waals surface area contributed by atoms with Gasteiger partial charge in [0.1, 0.15) is 0 Å². The number of H-pyrrole nitrogens is 1. The maximum atomic E-state index is 11.2. The topological polar surface area (TPSA) is 64.2 Å². The molecule has 0 aliphatic heterocycles. The van der Waals surface area contributed by atoms with E-state index in [-0.39, 0.29) is 11.9 Å². The van der Waals surface area contributed by atoms with Crippen LogP contribution in [0.15, 0.2) is 0 Å².